The van der Waals surface area contributed by atoms with Crippen molar-refractivity contribution in [1.82, 2.24) is 4.90 Å². The topological polar surface area (TPSA) is 54.3 Å². The van der Waals surface area contributed by atoms with Crippen LogP contribution in [-0.2, 0) is 11.3 Å². The molecule has 7 heteroatoms. The number of halogens is 1. The molecule has 6 nitrogen and oxygen atoms in total. The van der Waals surface area contributed by atoms with Crippen LogP contribution in [0, 0.1) is 6.92 Å². The van der Waals surface area contributed by atoms with E-state index in [1.165, 1.54) is 4.90 Å². The molecule has 1 heterocycles. The zero-order valence-corrected chi connectivity index (χ0v) is 17.3. The quantitative estimate of drug-likeness (QED) is 0.755. The molecule has 0 aromatic heterocycles. The van der Waals surface area contributed by atoms with Crippen molar-refractivity contribution in [3.8, 4) is 5.75 Å². The number of aryl methyl sites for hydroxylation is 1. The van der Waals surface area contributed by atoms with Gasteiger partial charge in [-0.1, -0.05) is 29.3 Å². The van der Waals surface area contributed by atoms with Crippen LogP contribution in [0.2, 0.25) is 5.02 Å². The third-order valence-corrected chi connectivity index (χ3v) is 5.16. The summed E-state index contributed by atoms with van der Waals surface area (Å²) in [5.74, 6) is 0.542. The maximum absolute atomic E-state index is 12.9. The van der Waals surface area contributed by atoms with Crippen molar-refractivity contribution >= 4 is 29.2 Å². The number of rotatable bonds is 6. The van der Waals surface area contributed by atoms with Gasteiger partial charge in [0.25, 0.3) is 5.91 Å². The number of carbonyl (C=O) groups is 2. The van der Waals surface area contributed by atoms with Crippen LogP contribution >= 0.6 is 11.6 Å². The number of nitrogens with zero attached hydrogens (tertiary/aromatic N) is 2. The first-order chi connectivity index (χ1) is 13.3. The minimum atomic E-state index is -0.524. The number of ether oxygens (including phenoxy) is 1. The van der Waals surface area contributed by atoms with Crippen LogP contribution in [0.4, 0.5) is 10.5 Å². The molecule has 1 aliphatic rings. The lowest BCUT2D eigenvalue weighted by Crippen LogP contribution is -3.09. The fourth-order valence-electron chi connectivity index (χ4n) is 3.45. The average Bonchev–Trinajstić information content (AvgIpc) is 2.86. The highest BCUT2D eigenvalue weighted by Crippen LogP contribution is 2.26. The smallest absolute Gasteiger partial charge is 0.336 e. The van der Waals surface area contributed by atoms with Crippen molar-refractivity contribution in [2.24, 2.45) is 0 Å². The molecule has 148 valence electrons. The van der Waals surface area contributed by atoms with E-state index in [0.29, 0.717) is 11.6 Å². The highest BCUT2D eigenvalue weighted by Gasteiger charge is 2.44. The second-order valence-corrected chi connectivity index (χ2v) is 7.61. The van der Waals surface area contributed by atoms with Crippen LogP contribution in [0.25, 0.3) is 0 Å². The molecule has 28 heavy (non-hydrogen) atoms. The van der Waals surface area contributed by atoms with Crippen molar-refractivity contribution in [3.63, 3.8) is 0 Å². The number of quaternary nitrogens is 1. The van der Waals surface area contributed by atoms with Crippen LogP contribution < -0.4 is 14.5 Å². The Balaban J connectivity index is 1.75. The predicted molar refractivity (Wildman–Crippen MR) is 109 cm³/mol. The number of nitrogens with one attached hydrogen (secondary N) is 1. The van der Waals surface area contributed by atoms with E-state index in [2.05, 4.69) is 0 Å². The molecule has 1 aliphatic heterocycles. The van der Waals surface area contributed by atoms with E-state index in [1.807, 2.05) is 50.4 Å². The molecule has 2 aromatic carbocycles. The summed E-state index contributed by atoms with van der Waals surface area (Å²) in [6.45, 7) is 4.58. The van der Waals surface area contributed by atoms with Gasteiger partial charge in [0.05, 0.1) is 14.2 Å². The monoisotopic (exact) mass is 402 g/mol. The molecule has 2 atom stereocenters. The predicted octanol–water partition coefficient (Wildman–Crippen LogP) is 2.49. The van der Waals surface area contributed by atoms with Gasteiger partial charge in [-0.3, -0.25) is 9.69 Å². The largest absolute Gasteiger partial charge is 0.496 e. The third-order valence-electron chi connectivity index (χ3n) is 4.92. The number of amides is 3. The summed E-state index contributed by atoms with van der Waals surface area (Å²) in [6, 6.07) is 12.2. The molecule has 1 unspecified atom stereocenters. The van der Waals surface area contributed by atoms with Crippen LogP contribution in [0.1, 0.15) is 18.1 Å². The van der Waals surface area contributed by atoms with E-state index < -0.39 is 6.04 Å². The summed E-state index contributed by atoms with van der Waals surface area (Å²) in [5.41, 5.74) is 2.76. The number of benzene rings is 2. The van der Waals surface area contributed by atoms with Gasteiger partial charge < -0.3 is 9.64 Å². The highest BCUT2D eigenvalue weighted by molar-refractivity contribution is 6.30. The second-order valence-electron chi connectivity index (χ2n) is 7.18. The summed E-state index contributed by atoms with van der Waals surface area (Å²) < 4.78 is 5.39. The fraction of sp³-hybridized carbons (Fsp3) is 0.333. The zero-order chi connectivity index (χ0) is 20.4. The van der Waals surface area contributed by atoms with E-state index in [-0.39, 0.29) is 18.6 Å². The van der Waals surface area contributed by atoms with E-state index in [9.17, 15) is 9.59 Å². The lowest BCUT2D eigenvalue weighted by atomic mass is 10.2. The maximum atomic E-state index is 12.9. The van der Waals surface area contributed by atoms with Gasteiger partial charge in [-0.25, -0.2) is 9.69 Å². The molecule has 3 rings (SSSR count). The van der Waals surface area contributed by atoms with E-state index in [4.69, 9.17) is 16.3 Å². The van der Waals surface area contributed by atoms with Crippen molar-refractivity contribution < 1.29 is 19.2 Å². The lowest BCUT2D eigenvalue weighted by Gasteiger charge is -2.22. The van der Waals surface area contributed by atoms with Gasteiger partial charge in [-0.2, -0.15) is 0 Å². The van der Waals surface area contributed by atoms with Crippen LogP contribution in [0.3, 0.4) is 0 Å². The minimum Gasteiger partial charge on any atom is -0.496 e. The molecular weight excluding hydrogens is 378 g/mol. The number of urea groups is 1. The van der Waals surface area contributed by atoms with E-state index in [0.717, 1.165) is 27.5 Å². The summed E-state index contributed by atoms with van der Waals surface area (Å²) >= 11 is 6.10. The van der Waals surface area contributed by atoms with Gasteiger partial charge in [-0.15, -0.1) is 0 Å². The molecule has 0 bridgehead atoms. The first-order valence-corrected chi connectivity index (χ1v) is 9.54. The standard InChI is InChI=1S/C21H24ClN3O3/c1-14-5-8-18(9-6-14)25-15(2)20(26)24(21(25)27)13-23(3)12-16-11-17(22)7-10-19(16)28-4/h5-11,15H,12-13H2,1-4H3/p+1/t15-/m0/s1. The van der Waals surface area contributed by atoms with Crippen molar-refractivity contribution in [3.05, 3.63) is 58.6 Å². The van der Waals surface area contributed by atoms with Crippen LogP contribution in [0.5, 0.6) is 5.75 Å². The summed E-state index contributed by atoms with van der Waals surface area (Å²) in [5, 5.41) is 0.621. The molecule has 2 aromatic rings. The molecule has 0 aliphatic carbocycles. The molecule has 1 saturated heterocycles. The number of imide groups is 1. The van der Waals surface area contributed by atoms with E-state index >= 15 is 0 Å². The first-order valence-electron chi connectivity index (χ1n) is 9.16. The normalized spacial score (nSPS) is 18.0. The lowest BCUT2D eigenvalue weighted by molar-refractivity contribution is -0.901. The van der Waals surface area contributed by atoms with Gasteiger partial charge in [-0.05, 0) is 44.2 Å². The van der Waals surface area contributed by atoms with Gasteiger partial charge in [0.1, 0.15) is 18.3 Å². The zero-order valence-electron chi connectivity index (χ0n) is 16.5. The molecule has 0 saturated carbocycles. The Bertz CT molecular complexity index is 885. The molecule has 3 amide bonds. The van der Waals surface area contributed by atoms with Gasteiger partial charge in [0.2, 0.25) is 0 Å². The Morgan fingerprint density at radius 2 is 1.82 bits per heavy atom. The number of carbonyl (C=O) groups excluding carboxylic acids is 2. The minimum absolute atomic E-state index is 0.192. The average molecular weight is 403 g/mol. The summed E-state index contributed by atoms with van der Waals surface area (Å²) in [7, 11) is 3.54. The Kier molecular flexibility index (Phi) is 5.91. The van der Waals surface area contributed by atoms with Gasteiger partial charge in [0.15, 0.2) is 6.67 Å². The Morgan fingerprint density at radius 3 is 2.46 bits per heavy atom. The van der Waals surface area contributed by atoms with Crippen molar-refractivity contribution in [2.75, 3.05) is 25.7 Å². The number of hydrogen-bond donors (Lipinski definition) is 1. The first kappa shape index (κ1) is 20.2. The van der Waals surface area contributed by atoms with Crippen LogP contribution in [-0.4, -0.2) is 43.7 Å². The number of anilines is 1. The highest BCUT2D eigenvalue weighted by atomic mass is 35.5. The van der Waals surface area contributed by atoms with Gasteiger partial charge >= 0.3 is 6.03 Å². The van der Waals surface area contributed by atoms with Crippen molar-refractivity contribution in [2.45, 2.75) is 26.4 Å². The molecular formula is C21H25ClN3O3+. The van der Waals surface area contributed by atoms with Gasteiger partial charge in [0, 0.05) is 16.3 Å². The number of methoxy groups -OCH3 is 1. The third kappa shape index (κ3) is 3.98. The molecule has 0 spiro atoms. The Hall–Kier alpha value is -2.57. The summed E-state index contributed by atoms with van der Waals surface area (Å²) in [6.07, 6.45) is 0. The molecule has 1 N–H and O–H groups in total. The maximum Gasteiger partial charge on any atom is 0.336 e. The number of hydrogen-bond acceptors (Lipinski definition) is 3. The van der Waals surface area contributed by atoms with Crippen LogP contribution in [0.15, 0.2) is 42.5 Å². The van der Waals surface area contributed by atoms with Crippen molar-refractivity contribution in [1.29, 1.82) is 0 Å². The SMILES string of the molecule is COc1ccc(Cl)cc1C[NH+](C)CN1C(=O)[C@H](C)N(c2ccc(C)cc2)C1=O. The van der Waals surface area contributed by atoms with E-state index in [1.54, 1.807) is 25.0 Å². The second kappa shape index (κ2) is 8.20. The Labute approximate surface area is 170 Å². The fourth-order valence-corrected chi connectivity index (χ4v) is 3.64. The Morgan fingerprint density at radius 1 is 1.14 bits per heavy atom. The molecule has 0 radical (unpaired) electrons. The molecule has 1 fully saturated rings. The summed E-state index contributed by atoms with van der Waals surface area (Å²) in [4.78, 5) is 29.5.